The molecule has 1 nitrogen and oxygen atoms in total. The predicted molar refractivity (Wildman–Crippen MR) is 65.3 cm³/mol. The highest BCUT2D eigenvalue weighted by atomic mass is 19.3. The smallest absolute Gasteiger partial charge is 0.270 e. The summed E-state index contributed by atoms with van der Waals surface area (Å²) in [5, 5.41) is 0. The van der Waals surface area contributed by atoms with E-state index in [4.69, 9.17) is 5.73 Å². The second-order valence-electron chi connectivity index (χ2n) is 5.38. The van der Waals surface area contributed by atoms with E-state index in [9.17, 15) is 8.78 Å². The number of hydrogen-bond donors (Lipinski definition) is 1. The van der Waals surface area contributed by atoms with Crippen molar-refractivity contribution in [3.05, 3.63) is 34.9 Å². The van der Waals surface area contributed by atoms with Crippen LogP contribution in [0, 0.1) is 6.92 Å². The Kier molecular flexibility index (Phi) is 2.77. The summed E-state index contributed by atoms with van der Waals surface area (Å²) in [7, 11) is 0. The first-order chi connectivity index (χ1) is 7.77. The van der Waals surface area contributed by atoms with Gasteiger partial charge in [0.25, 0.3) is 5.92 Å². The molecule has 1 saturated carbocycles. The minimum absolute atomic E-state index is 0.0783. The van der Waals surface area contributed by atoms with Gasteiger partial charge in [0, 0.05) is 23.9 Å². The zero-order chi connectivity index (χ0) is 12.8. The number of benzene rings is 1. The first-order valence-corrected chi connectivity index (χ1v) is 6.02. The van der Waals surface area contributed by atoms with Crippen LogP contribution < -0.4 is 5.73 Å². The molecule has 2 rings (SSSR count). The third-order valence-corrected chi connectivity index (χ3v) is 3.84. The Morgan fingerprint density at radius 3 is 2.35 bits per heavy atom. The Balaban J connectivity index is 2.56. The lowest BCUT2D eigenvalue weighted by Gasteiger charge is -2.26. The number of nitrogens with two attached hydrogens (primary N) is 1. The fourth-order valence-electron chi connectivity index (χ4n) is 2.56. The minimum Gasteiger partial charge on any atom is -0.327 e. The van der Waals surface area contributed by atoms with Crippen LogP contribution in [0.4, 0.5) is 8.78 Å². The molecule has 1 atom stereocenters. The molecule has 1 unspecified atom stereocenters. The SMILES string of the molecule is Cc1ccc(C(C)(F)F)c(C2(C(C)N)CC2)c1. The van der Waals surface area contributed by atoms with Crippen LogP contribution in [0.2, 0.25) is 0 Å². The number of halogens is 2. The molecule has 1 aliphatic rings. The summed E-state index contributed by atoms with van der Waals surface area (Å²) in [6.07, 6.45) is 1.83. The number of rotatable bonds is 3. The van der Waals surface area contributed by atoms with Crippen molar-refractivity contribution in [1.82, 2.24) is 0 Å². The maximum absolute atomic E-state index is 13.6. The van der Waals surface area contributed by atoms with E-state index in [1.165, 1.54) is 0 Å². The van der Waals surface area contributed by atoms with Crippen molar-refractivity contribution in [2.75, 3.05) is 0 Å². The molecule has 0 heterocycles. The number of aryl methyl sites for hydroxylation is 1. The second kappa shape index (κ2) is 3.77. The van der Waals surface area contributed by atoms with Crippen LogP contribution in [0.25, 0.3) is 0 Å². The summed E-state index contributed by atoms with van der Waals surface area (Å²) < 4.78 is 27.3. The van der Waals surface area contributed by atoms with Gasteiger partial charge in [-0.2, -0.15) is 0 Å². The van der Waals surface area contributed by atoms with E-state index in [2.05, 4.69) is 0 Å². The fourth-order valence-corrected chi connectivity index (χ4v) is 2.56. The highest BCUT2D eigenvalue weighted by molar-refractivity contribution is 5.44. The van der Waals surface area contributed by atoms with Crippen molar-refractivity contribution in [3.8, 4) is 0 Å². The first kappa shape index (κ1) is 12.5. The molecule has 0 aromatic heterocycles. The van der Waals surface area contributed by atoms with Crippen LogP contribution in [0.1, 0.15) is 43.4 Å². The Hall–Kier alpha value is -0.960. The van der Waals surface area contributed by atoms with Crippen LogP contribution in [0.3, 0.4) is 0 Å². The Morgan fingerprint density at radius 1 is 1.35 bits per heavy atom. The van der Waals surface area contributed by atoms with Gasteiger partial charge < -0.3 is 5.73 Å². The van der Waals surface area contributed by atoms with Gasteiger partial charge in [-0.25, -0.2) is 8.78 Å². The van der Waals surface area contributed by atoms with Gasteiger partial charge in [-0.05, 0) is 32.3 Å². The molecular weight excluding hydrogens is 220 g/mol. The third-order valence-electron chi connectivity index (χ3n) is 3.84. The van der Waals surface area contributed by atoms with Crippen molar-refractivity contribution in [3.63, 3.8) is 0 Å². The highest BCUT2D eigenvalue weighted by Crippen LogP contribution is 2.53. The topological polar surface area (TPSA) is 26.0 Å². The lowest BCUT2D eigenvalue weighted by Crippen LogP contribution is -2.33. The predicted octanol–water partition coefficient (Wildman–Crippen LogP) is 3.49. The molecule has 3 heteroatoms. The average Bonchev–Trinajstić information content (AvgIpc) is 2.95. The summed E-state index contributed by atoms with van der Waals surface area (Å²) in [6, 6.07) is 5.09. The van der Waals surface area contributed by atoms with E-state index in [1.807, 2.05) is 19.9 Å². The Bertz CT molecular complexity index is 428. The average molecular weight is 239 g/mol. The van der Waals surface area contributed by atoms with Crippen molar-refractivity contribution >= 4 is 0 Å². The summed E-state index contributed by atoms with van der Waals surface area (Å²) >= 11 is 0. The molecule has 2 N–H and O–H groups in total. The summed E-state index contributed by atoms with van der Waals surface area (Å²) in [4.78, 5) is 0. The molecule has 0 aliphatic heterocycles. The van der Waals surface area contributed by atoms with Crippen molar-refractivity contribution in [1.29, 1.82) is 0 Å². The zero-order valence-corrected chi connectivity index (χ0v) is 10.6. The van der Waals surface area contributed by atoms with Crippen LogP contribution >= 0.6 is 0 Å². The fraction of sp³-hybridized carbons (Fsp3) is 0.571. The van der Waals surface area contributed by atoms with Gasteiger partial charge in [-0.3, -0.25) is 0 Å². The second-order valence-corrected chi connectivity index (χ2v) is 5.38. The lowest BCUT2D eigenvalue weighted by molar-refractivity contribution is 0.0159. The maximum Gasteiger partial charge on any atom is 0.270 e. The maximum atomic E-state index is 13.6. The Morgan fingerprint density at radius 2 is 1.94 bits per heavy atom. The van der Waals surface area contributed by atoms with Gasteiger partial charge in [-0.15, -0.1) is 0 Å². The summed E-state index contributed by atoms with van der Waals surface area (Å²) in [5.74, 6) is -2.80. The first-order valence-electron chi connectivity index (χ1n) is 6.02. The van der Waals surface area contributed by atoms with E-state index in [1.54, 1.807) is 12.1 Å². The van der Waals surface area contributed by atoms with Gasteiger partial charge in [0.1, 0.15) is 0 Å². The van der Waals surface area contributed by atoms with Crippen molar-refractivity contribution in [2.45, 2.75) is 51.0 Å². The van der Waals surface area contributed by atoms with Gasteiger partial charge in [0.2, 0.25) is 0 Å². The van der Waals surface area contributed by atoms with Crippen LogP contribution in [-0.2, 0) is 11.3 Å². The van der Waals surface area contributed by atoms with E-state index in [0.717, 1.165) is 30.9 Å². The lowest BCUT2D eigenvalue weighted by atomic mass is 9.83. The monoisotopic (exact) mass is 239 g/mol. The van der Waals surface area contributed by atoms with E-state index in [-0.39, 0.29) is 17.0 Å². The van der Waals surface area contributed by atoms with Crippen molar-refractivity contribution < 1.29 is 8.78 Å². The molecule has 1 fully saturated rings. The van der Waals surface area contributed by atoms with E-state index < -0.39 is 5.92 Å². The quantitative estimate of drug-likeness (QED) is 0.858. The zero-order valence-electron chi connectivity index (χ0n) is 10.6. The summed E-state index contributed by atoms with van der Waals surface area (Å²) in [5.41, 5.74) is 7.66. The number of alkyl halides is 2. The van der Waals surface area contributed by atoms with Crippen LogP contribution in [0.5, 0.6) is 0 Å². The molecular formula is C14H19F2N. The summed E-state index contributed by atoms with van der Waals surface area (Å²) in [6.45, 7) is 4.80. The van der Waals surface area contributed by atoms with Crippen LogP contribution in [-0.4, -0.2) is 6.04 Å². The number of hydrogen-bond acceptors (Lipinski definition) is 1. The van der Waals surface area contributed by atoms with Crippen molar-refractivity contribution in [2.24, 2.45) is 5.73 Å². The highest BCUT2D eigenvalue weighted by Gasteiger charge is 2.50. The molecule has 0 amide bonds. The molecule has 1 aromatic rings. The van der Waals surface area contributed by atoms with Crippen LogP contribution in [0.15, 0.2) is 18.2 Å². The minimum atomic E-state index is -2.80. The molecule has 0 bridgehead atoms. The normalized spacial score (nSPS) is 20.1. The third kappa shape index (κ3) is 2.08. The van der Waals surface area contributed by atoms with Gasteiger partial charge in [0.15, 0.2) is 0 Å². The Labute approximate surface area is 101 Å². The molecule has 1 aliphatic carbocycles. The van der Waals surface area contributed by atoms with Gasteiger partial charge >= 0.3 is 0 Å². The van der Waals surface area contributed by atoms with E-state index in [0.29, 0.717) is 0 Å². The molecule has 0 radical (unpaired) electrons. The molecule has 17 heavy (non-hydrogen) atoms. The molecule has 0 spiro atoms. The molecule has 0 saturated heterocycles. The van der Waals surface area contributed by atoms with Gasteiger partial charge in [0.05, 0.1) is 0 Å². The van der Waals surface area contributed by atoms with E-state index >= 15 is 0 Å². The molecule has 94 valence electrons. The standard InChI is InChI=1S/C14H19F2N/c1-9-4-5-11(13(3,15)16)12(8-9)14(6-7-14)10(2)17/h4-5,8,10H,6-7,17H2,1-3H3. The largest absolute Gasteiger partial charge is 0.327 e. The molecule has 1 aromatic carbocycles. The van der Waals surface area contributed by atoms with Gasteiger partial charge in [-0.1, -0.05) is 23.8 Å².